The first-order chi connectivity index (χ1) is 5.42. The summed E-state index contributed by atoms with van der Waals surface area (Å²) in [6.07, 6.45) is 11.9. The van der Waals surface area contributed by atoms with Gasteiger partial charge in [0.2, 0.25) is 0 Å². The molecule has 2 aliphatic carbocycles. The summed E-state index contributed by atoms with van der Waals surface area (Å²) < 4.78 is 0. The molecule has 0 heteroatoms. The SMILES string of the molecule is CC/C=C\CC1CC2CCC12. The third-order valence-electron chi connectivity index (χ3n) is 3.53. The van der Waals surface area contributed by atoms with Crippen LogP contribution in [0.3, 0.4) is 0 Å². The van der Waals surface area contributed by atoms with Gasteiger partial charge in [0.1, 0.15) is 0 Å². The standard InChI is InChI=1S/C11H18/c1-2-3-4-5-9-8-10-6-7-11(9)10/h3-4,9-11H,2,5-8H2,1H3/b4-3-. The van der Waals surface area contributed by atoms with Crippen molar-refractivity contribution < 1.29 is 0 Å². The zero-order valence-corrected chi connectivity index (χ0v) is 7.42. The maximum Gasteiger partial charge on any atom is -0.0319 e. The fraction of sp³-hybridized carbons (Fsp3) is 0.818. The Bertz CT molecular complexity index is 157. The highest BCUT2D eigenvalue weighted by molar-refractivity contribution is 4.99. The van der Waals surface area contributed by atoms with Crippen molar-refractivity contribution in [1.29, 1.82) is 0 Å². The molecular weight excluding hydrogens is 132 g/mol. The van der Waals surface area contributed by atoms with Crippen molar-refractivity contribution in [3.63, 3.8) is 0 Å². The molecule has 0 saturated heterocycles. The van der Waals surface area contributed by atoms with Crippen molar-refractivity contribution in [1.82, 2.24) is 0 Å². The lowest BCUT2D eigenvalue weighted by Gasteiger charge is -2.53. The van der Waals surface area contributed by atoms with Crippen LogP contribution in [0.15, 0.2) is 12.2 Å². The van der Waals surface area contributed by atoms with Gasteiger partial charge in [-0.2, -0.15) is 0 Å². The largest absolute Gasteiger partial charge is 0.0888 e. The van der Waals surface area contributed by atoms with E-state index in [0.717, 1.165) is 17.8 Å². The maximum absolute atomic E-state index is 2.39. The molecule has 2 fully saturated rings. The van der Waals surface area contributed by atoms with Gasteiger partial charge in [-0.1, -0.05) is 19.1 Å². The highest BCUT2D eigenvalue weighted by atomic mass is 14.5. The average molecular weight is 150 g/mol. The topological polar surface area (TPSA) is 0 Å². The van der Waals surface area contributed by atoms with Gasteiger partial charge in [0.25, 0.3) is 0 Å². The third kappa shape index (κ3) is 1.23. The summed E-state index contributed by atoms with van der Waals surface area (Å²) >= 11 is 0. The summed E-state index contributed by atoms with van der Waals surface area (Å²) in [5, 5.41) is 0. The molecule has 62 valence electrons. The quantitative estimate of drug-likeness (QED) is 0.541. The Morgan fingerprint density at radius 2 is 2.18 bits per heavy atom. The number of allylic oxidation sites excluding steroid dienone is 2. The van der Waals surface area contributed by atoms with E-state index in [2.05, 4.69) is 19.1 Å². The number of fused-ring (bicyclic) bond motifs is 1. The molecule has 11 heavy (non-hydrogen) atoms. The Hall–Kier alpha value is -0.260. The van der Waals surface area contributed by atoms with Crippen LogP contribution >= 0.6 is 0 Å². The molecule has 0 aromatic carbocycles. The molecule has 0 aromatic rings. The summed E-state index contributed by atoms with van der Waals surface area (Å²) in [5.41, 5.74) is 0. The van der Waals surface area contributed by atoms with Gasteiger partial charge >= 0.3 is 0 Å². The molecule has 2 saturated carbocycles. The maximum atomic E-state index is 2.39. The minimum Gasteiger partial charge on any atom is -0.0888 e. The molecule has 2 aliphatic rings. The predicted molar refractivity (Wildman–Crippen MR) is 48.4 cm³/mol. The molecule has 2 rings (SSSR count). The van der Waals surface area contributed by atoms with Gasteiger partial charge in [0, 0.05) is 0 Å². The first kappa shape index (κ1) is 7.39. The first-order valence-electron chi connectivity index (χ1n) is 5.06. The van der Waals surface area contributed by atoms with Crippen LogP contribution in [0.5, 0.6) is 0 Å². The van der Waals surface area contributed by atoms with Gasteiger partial charge in [-0.3, -0.25) is 0 Å². The smallest absolute Gasteiger partial charge is 0.0319 e. The second-order valence-electron chi connectivity index (χ2n) is 4.11. The molecule has 3 atom stereocenters. The van der Waals surface area contributed by atoms with Crippen LogP contribution in [-0.2, 0) is 0 Å². The highest BCUT2D eigenvalue weighted by Gasteiger charge is 2.45. The molecular formula is C11H18. The predicted octanol–water partition coefficient (Wildman–Crippen LogP) is 3.39. The molecule has 0 heterocycles. The van der Waals surface area contributed by atoms with Crippen LogP contribution in [-0.4, -0.2) is 0 Å². The molecule has 0 nitrogen and oxygen atoms in total. The van der Waals surface area contributed by atoms with E-state index in [1.807, 2.05) is 0 Å². The monoisotopic (exact) mass is 150 g/mol. The molecule has 3 unspecified atom stereocenters. The fourth-order valence-electron chi connectivity index (χ4n) is 2.58. The Morgan fingerprint density at radius 1 is 1.27 bits per heavy atom. The second kappa shape index (κ2) is 3.00. The van der Waals surface area contributed by atoms with E-state index in [1.165, 1.54) is 19.3 Å². The molecule has 0 N–H and O–H groups in total. The van der Waals surface area contributed by atoms with Crippen LogP contribution in [0.1, 0.15) is 39.0 Å². The Morgan fingerprint density at radius 3 is 2.64 bits per heavy atom. The summed E-state index contributed by atoms with van der Waals surface area (Å²) in [6.45, 7) is 2.21. The number of rotatable bonds is 3. The van der Waals surface area contributed by atoms with Crippen LogP contribution in [0, 0.1) is 17.8 Å². The third-order valence-corrected chi connectivity index (χ3v) is 3.53. The van der Waals surface area contributed by atoms with Crippen LogP contribution < -0.4 is 0 Å². The van der Waals surface area contributed by atoms with Gasteiger partial charge in [-0.15, -0.1) is 0 Å². The van der Waals surface area contributed by atoms with Crippen molar-refractivity contribution in [2.24, 2.45) is 17.8 Å². The minimum absolute atomic E-state index is 1.08. The first-order valence-corrected chi connectivity index (χ1v) is 5.06. The second-order valence-corrected chi connectivity index (χ2v) is 4.11. The molecule has 0 aromatic heterocycles. The number of hydrogen-bond donors (Lipinski definition) is 0. The van der Waals surface area contributed by atoms with Gasteiger partial charge in [0.15, 0.2) is 0 Å². The van der Waals surface area contributed by atoms with E-state index >= 15 is 0 Å². The fourth-order valence-corrected chi connectivity index (χ4v) is 2.58. The normalized spacial score (nSPS) is 41.4. The molecule has 0 radical (unpaired) electrons. The van der Waals surface area contributed by atoms with E-state index in [1.54, 1.807) is 12.8 Å². The van der Waals surface area contributed by atoms with Gasteiger partial charge in [0.05, 0.1) is 0 Å². The van der Waals surface area contributed by atoms with Crippen molar-refractivity contribution in [3.05, 3.63) is 12.2 Å². The minimum atomic E-state index is 1.08. The van der Waals surface area contributed by atoms with E-state index in [0.29, 0.717) is 0 Å². The Kier molecular flexibility index (Phi) is 2.02. The Balaban J connectivity index is 1.68. The lowest BCUT2D eigenvalue weighted by Crippen LogP contribution is -2.43. The summed E-state index contributed by atoms with van der Waals surface area (Å²) in [4.78, 5) is 0. The van der Waals surface area contributed by atoms with Crippen LogP contribution in [0.2, 0.25) is 0 Å². The van der Waals surface area contributed by atoms with Crippen LogP contribution in [0.25, 0.3) is 0 Å². The van der Waals surface area contributed by atoms with Crippen molar-refractivity contribution in [3.8, 4) is 0 Å². The highest BCUT2D eigenvalue weighted by Crippen LogP contribution is 2.55. The summed E-state index contributed by atoms with van der Waals surface area (Å²) in [7, 11) is 0. The van der Waals surface area contributed by atoms with Crippen molar-refractivity contribution >= 4 is 0 Å². The average Bonchev–Trinajstić information content (AvgIpc) is 1.98. The van der Waals surface area contributed by atoms with Gasteiger partial charge in [-0.05, 0) is 49.9 Å². The molecule has 0 amide bonds. The summed E-state index contributed by atoms with van der Waals surface area (Å²) in [6, 6.07) is 0. The molecule has 0 spiro atoms. The number of hydrogen-bond acceptors (Lipinski definition) is 0. The summed E-state index contributed by atoms with van der Waals surface area (Å²) in [5.74, 6) is 3.39. The zero-order chi connectivity index (χ0) is 7.68. The molecule has 0 aliphatic heterocycles. The zero-order valence-electron chi connectivity index (χ0n) is 7.42. The Labute approximate surface area is 69.7 Å². The van der Waals surface area contributed by atoms with Crippen molar-refractivity contribution in [2.75, 3.05) is 0 Å². The van der Waals surface area contributed by atoms with Gasteiger partial charge in [-0.25, -0.2) is 0 Å². The van der Waals surface area contributed by atoms with E-state index in [9.17, 15) is 0 Å². The van der Waals surface area contributed by atoms with Crippen LogP contribution in [0.4, 0.5) is 0 Å². The van der Waals surface area contributed by atoms with Gasteiger partial charge < -0.3 is 0 Å². The van der Waals surface area contributed by atoms with E-state index in [4.69, 9.17) is 0 Å². The van der Waals surface area contributed by atoms with E-state index < -0.39 is 0 Å². The van der Waals surface area contributed by atoms with Crippen molar-refractivity contribution in [2.45, 2.75) is 39.0 Å². The molecule has 0 bridgehead atoms. The lowest BCUT2D eigenvalue weighted by molar-refractivity contribution is -0.0230. The lowest BCUT2D eigenvalue weighted by atomic mass is 9.52. The van der Waals surface area contributed by atoms with E-state index in [-0.39, 0.29) is 0 Å².